The zero-order valence-electron chi connectivity index (χ0n) is 12.3. The average molecular weight is 274 g/mol. The summed E-state index contributed by atoms with van der Waals surface area (Å²) in [6.07, 6.45) is 3.32. The topological polar surface area (TPSA) is 46.5 Å². The predicted molar refractivity (Wildman–Crippen MR) is 78.4 cm³/mol. The Morgan fingerprint density at radius 3 is 2.55 bits per heavy atom. The smallest absolute Gasteiger partial charge is 0.338 e. The number of carbonyl (C=O) groups excluding carboxylic acids is 1. The van der Waals surface area contributed by atoms with Gasteiger partial charge in [-0.25, -0.2) is 4.79 Å². The highest BCUT2D eigenvalue weighted by atomic mass is 16.5. The van der Waals surface area contributed by atoms with Crippen LogP contribution in [-0.4, -0.2) is 22.8 Å². The zero-order valence-corrected chi connectivity index (χ0v) is 12.3. The summed E-state index contributed by atoms with van der Waals surface area (Å²) >= 11 is 0. The summed E-state index contributed by atoms with van der Waals surface area (Å²) in [7, 11) is 0. The van der Waals surface area contributed by atoms with Crippen molar-refractivity contribution in [2.75, 3.05) is 0 Å². The summed E-state index contributed by atoms with van der Waals surface area (Å²) in [4.78, 5) is 12.1. The van der Waals surface area contributed by atoms with Crippen LogP contribution in [0.1, 0.15) is 44.0 Å². The Balaban J connectivity index is 2.07. The van der Waals surface area contributed by atoms with Crippen molar-refractivity contribution in [3.8, 4) is 0 Å². The van der Waals surface area contributed by atoms with Crippen LogP contribution in [0.4, 0.5) is 0 Å². The lowest BCUT2D eigenvalue weighted by molar-refractivity contribution is -0.0159. The Hall–Kier alpha value is -1.61. The van der Waals surface area contributed by atoms with Gasteiger partial charge in [0, 0.05) is 0 Å². The molecule has 1 aliphatic rings. The van der Waals surface area contributed by atoms with Crippen molar-refractivity contribution in [1.29, 1.82) is 0 Å². The van der Waals surface area contributed by atoms with E-state index >= 15 is 0 Å². The molecule has 3 nitrogen and oxygen atoms in total. The molecule has 20 heavy (non-hydrogen) atoms. The number of aliphatic hydroxyl groups is 1. The van der Waals surface area contributed by atoms with Gasteiger partial charge >= 0.3 is 5.97 Å². The maximum atomic E-state index is 12.1. The third-order valence-electron chi connectivity index (χ3n) is 3.99. The lowest BCUT2D eigenvalue weighted by atomic mass is 9.78. The van der Waals surface area contributed by atoms with Crippen molar-refractivity contribution >= 4 is 5.97 Å². The van der Waals surface area contributed by atoms with E-state index in [0.717, 1.165) is 12.0 Å². The van der Waals surface area contributed by atoms with Crippen molar-refractivity contribution in [1.82, 2.24) is 0 Å². The molecular formula is C17H22O3. The van der Waals surface area contributed by atoms with Gasteiger partial charge < -0.3 is 9.84 Å². The van der Waals surface area contributed by atoms with Crippen molar-refractivity contribution in [2.45, 2.75) is 45.3 Å². The quantitative estimate of drug-likeness (QED) is 0.679. The highest BCUT2D eigenvalue weighted by Crippen LogP contribution is 2.33. The highest BCUT2D eigenvalue weighted by Gasteiger charge is 2.33. The number of esters is 1. The molecule has 0 aliphatic heterocycles. The molecule has 1 aromatic rings. The molecule has 1 aliphatic carbocycles. The first kappa shape index (κ1) is 14.8. The minimum Gasteiger partial charge on any atom is -0.454 e. The molecule has 0 fully saturated rings. The fourth-order valence-electron chi connectivity index (χ4n) is 2.49. The largest absolute Gasteiger partial charge is 0.454 e. The van der Waals surface area contributed by atoms with Gasteiger partial charge in [0.25, 0.3) is 0 Å². The van der Waals surface area contributed by atoms with Gasteiger partial charge in [0.1, 0.15) is 6.10 Å². The maximum Gasteiger partial charge on any atom is 0.338 e. The number of rotatable bonds is 3. The number of carbonyl (C=O) groups is 1. The normalized spacial score (nSPS) is 23.1. The van der Waals surface area contributed by atoms with Gasteiger partial charge in [-0.3, -0.25) is 0 Å². The van der Waals surface area contributed by atoms with Crippen LogP contribution >= 0.6 is 0 Å². The molecule has 3 heteroatoms. The minimum absolute atomic E-state index is 0.111. The summed E-state index contributed by atoms with van der Waals surface area (Å²) < 4.78 is 5.60. The van der Waals surface area contributed by atoms with E-state index in [9.17, 15) is 9.90 Å². The van der Waals surface area contributed by atoms with Gasteiger partial charge in [0.2, 0.25) is 0 Å². The fourth-order valence-corrected chi connectivity index (χ4v) is 2.49. The highest BCUT2D eigenvalue weighted by molar-refractivity contribution is 5.89. The molecule has 0 spiro atoms. The minimum atomic E-state index is -0.755. The van der Waals surface area contributed by atoms with Crippen molar-refractivity contribution < 1.29 is 14.6 Å². The van der Waals surface area contributed by atoms with Crippen LogP contribution in [0.15, 0.2) is 42.0 Å². The lowest BCUT2D eigenvalue weighted by Gasteiger charge is -2.35. The molecule has 0 bridgehead atoms. The number of ether oxygens (including phenoxy) is 1. The van der Waals surface area contributed by atoms with E-state index in [1.165, 1.54) is 0 Å². The van der Waals surface area contributed by atoms with E-state index in [1.807, 2.05) is 39.0 Å². The molecule has 2 rings (SSSR count). The van der Waals surface area contributed by atoms with Crippen LogP contribution in [0.2, 0.25) is 0 Å². The van der Waals surface area contributed by atoms with E-state index in [2.05, 4.69) is 6.08 Å². The molecule has 108 valence electrons. The first-order chi connectivity index (χ1) is 9.38. The standard InChI is InChI=1S/C17H22O3/c1-12-9-10-14(17(2,3)19)11-15(12)20-16(18)13-7-5-4-6-8-13/h4-9,14-15,19H,10-11H2,1-3H3/t14-,15+/m1/s1. The molecule has 2 atom stereocenters. The van der Waals surface area contributed by atoms with Crippen molar-refractivity contribution in [3.05, 3.63) is 47.5 Å². The Morgan fingerprint density at radius 1 is 1.30 bits per heavy atom. The molecule has 1 aromatic carbocycles. The number of hydrogen-bond acceptors (Lipinski definition) is 3. The Kier molecular flexibility index (Phi) is 4.29. The second kappa shape index (κ2) is 5.80. The number of hydrogen-bond donors (Lipinski definition) is 1. The lowest BCUT2D eigenvalue weighted by Crippen LogP contribution is -2.37. The molecule has 0 heterocycles. The van der Waals surface area contributed by atoms with Gasteiger partial charge in [0.15, 0.2) is 0 Å². The van der Waals surface area contributed by atoms with E-state index in [-0.39, 0.29) is 18.0 Å². The first-order valence-corrected chi connectivity index (χ1v) is 7.03. The van der Waals surface area contributed by atoms with E-state index < -0.39 is 5.60 Å². The SMILES string of the molecule is CC1=CC[C@@H](C(C)(C)O)C[C@@H]1OC(=O)c1ccccc1. The van der Waals surface area contributed by atoms with Crippen LogP contribution in [0.5, 0.6) is 0 Å². The molecule has 0 saturated heterocycles. The molecule has 0 unspecified atom stereocenters. The van der Waals surface area contributed by atoms with Gasteiger partial charge in [-0.1, -0.05) is 24.3 Å². The third kappa shape index (κ3) is 3.48. The van der Waals surface area contributed by atoms with Gasteiger partial charge in [0.05, 0.1) is 11.2 Å². The average Bonchev–Trinajstić information content (AvgIpc) is 2.41. The maximum absolute atomic E-state index is 12.1. The molecule has 0 radical (unpaired) electrons. The van der Waals surface area contributed by atoms with Crippen LogP contribution in [0, 0.1) is 5.92 Å². The van der Waals surface area contributed by atoms with Crippen LogP contribution in [0.25, 0.3) is 0 Å². The first-order valence-electron chi connectivity index (χ1n) is 7.03. The molecule has 0 aromatic heterocycles. The summed E-state index contributed by atoms with van der Waals surface area (Å²) in [5.74, 6) is -0.195. The Labute approximate surface area is 120 Å². The van der Waals surface area contributed by atoms with Gasteiger partial charge in [-0.2, -0.15) is 0 Å². The number of allylic oxidation sites excluding steroid dienone is 1. The van der Waals surface area contributed by atoms with Crippen LogP contribution in [0.3, 0.4) is 0 Å². The van der Waals surface area contributed by atoms with E-state index in [1.54, 1.807) is 12.1 Å². The number of benzene rings is 1. The fraction of sp³-hybridized carbons (Fsp3) is 0.471. The Bertz CT molecular complexity index is 497. The monoisotopic (exact) mass is 274 g/mol. The second-order valence-electron chi connectivity index (χ2n) is 6.03. The third-order valence-corrected chi connectivity index (χ3v) is 3.99. The van der Waals surface area contributed by atoms with Crippen molar-refractivity contribution in [3.63, 3.8) is 0 Å². The van der Waals surface area contributed by atoms with E-state index in [0.29, 0.717) is 12.0 Å². The van der Waals surface area contributed by atoms with Crippen LogP contribution < -0.4 is 0 Å². The molecular weight excluding hydrogens is 252 g/mol. The van der Waals surface area contributed by atoms with Crippen LogP contribution in [-0.2, 0) is 4.74 Å². The summed E-state index contributed by atoms with van der Waals surface area (Å²) in [6.45, 7) is 5.59. The molecule has 0 saturated carbocycles. The second-order valence-corrected chi connectivity index (χ2v) is 6.03. The zero-order chi connectivity index (χ0) is 14.8. The molecule has 1 N–H and O–H groups in total. The van der Waals surface area contributed by atoms with Crippen molar-refractivity contribution in [2.24, 2.45) is 5.92 Å². The summed E-state index contributed by atoms with van der Waals surface area (Å²) in [6, 6.07) is 9.00. The summed E-state index contributed by atoms with van der Waals surface area (Å²) in [5.41, 5.74) is 0.870. The van der Waals surface area contributed by atoms with Gasteiger partial charge in [-0.15, -0.1) is 0 Å². The predicted octanol–water partition coefficient (Wildman–Crippen LogP) is 3.34. The molecule has 0 amide bonds. The Morgan fingerprint density at radius 2 is 1.95 bits per heavy atom. The summed E-state index contributed by atoms with van der Waals surface area (Å²) in [5, 5.41) is 10.1. The van der Waals surface area contributed by atoms with E-state index in [4.69, 9.17) is 4.74 Å². The van der Waals surface area contributed by atoms with Gasteiger partial charge in [-0.05, 0) is 57.2 Å².